The van der Waals surface area contributed by atoms with Gasteiger partial charge in [0.05, 0.1) is 12.2 Å². The monoisotopic (exact) mass is 342 g/mol. The van der Waals surface area contributed by atoms with E-state index in [-0.39, 0.29) is 18.6 Å². The summed E-state index contributed by atoms with van der Waals surface area (Å²) in [6.07, 6.45) is 2.41. The van der Waals surface area contributed by atoms with Crippen LogP contribution >= 0.6 is 0 Å². The van der Waals surface area contributed by atoms with E-state index in [2.05, 4.69) is 15.4 Å². The Kier molecular flexibility index (Phi) is 5.45. The zero-order chi connectivity index (χ0) is 17.6. The van der Waals surface area contributed by atoms with Gasteiger partial charge in [-0.15, -0.1) is 0 Å². The van der Waals surface area contributed by atoms with Gasteiger partial charge in [0.25, 0.3) is 0 Å². The molecule has 1 aromatic carbocycles. The van der Waals surface area contributed by atoms with Crippen molar-refractivity contribution in [3.05, 3.63) is 53.5 Å². The first-order chi connectivity index (χ1) is 12.2. The number of benzene rings is 1. The number of fused-ring (bicyclic) bond motifs is 1. The molecule has 0 spiro atoms. The minimum Gasteiger partial charge on any atom is -0.460 e. The number of rotatable bonds is 7. The fourth-order valence-corrected chi connectivity index (χ4v) is 2.82. The SMILES string of the molecule is CCCOCCOC(=O)C1=C(C)Nc2ncnn2C1c1ccccc1. The number of hydrogen-bond donors (Lipinski definition) is 1. The quantitative estimate of drug-likeness (QED) is 0.615. The molecule has 7 nitrogen and oxygen atoms in total. The maximum atomic E-state index is 12.7. The molecule has 0 amide bonds. The summed E-state index contributed by atoms with van der Waals surface area (Å²) in [5, 5.41) is 7.40. The zero-order valence-electron chi connectivity index (χ0n) is 14.4. The lowest BCUT2D eigenvalue weighted by Crippen LogP contribution is -2.30. The van der Waals surface area contributed by atoms with Crippen molar-refractivity contribution in [3.63, 3.8) is 0 Å². The second-order valence-corrected chi connectivity index (χ2v) is 5.75. The molecule has 1 N–H and O–H groups in total. The van der Waals surface area contributed by atoms with Gasteiger partial charge in [-0.2, -0.15) is 10.1 Å². The van der Waals surface area contributed by atoms with Crippen molar-refractivity contribution < 1.29 is 14.3 Å². The van der Waals surface area contributed by atoms with Crippen LogP contribution in [0.15, 0.2) is 47.9 Å². The lowest BCUT2D eigenvalue weighted by atomic mass is 9.96. The maximum absolute atomic E-state index is 12.7. The largest absolute Gasteiger partial charge is 0.460 e. The molecule has 0 saturated carbocycles. The van der Waals surface area contributed by atoms with Crippen LogP contribution in [0.25, 0.3) is 0 Å². The minimum atomic E-state index is -0.375. The van der Waals surface area contributed by atoms with Crippen molar-refractivity contribution in [1.29, 1.82) is 0 Å². The summed E-state index contributed by atoms with van der Waals surface area (Å²) in [5.41, 5.74) is 2.19. The molecule has 0 fully saturated rings. The summed E-state index contributed by atoms with van der Waals surface area (Å²) in [7, 11) is 0. The van der Waals surface area contributed by atoms with Crippen LogP contribution in [0.2, 0.25) is 0 Å². The molecule has 0 radical (unpaired) electrons. The molecule has 2 heterocycles. The predicted octanol–water partition coefficient (Wildman–Crippen LogP) is 2.54. The molecule has 7 heteroatoms. The van der Waals surface area contributed by atoms with Gasteiger partial charge in [0, 0.05) is 12.3 Å². The van der Waals surface area contributed by atoms with Crippen molar-refractivity contribution in [2.75, 3.05) is 25.1 Å². The van der Waals surface area contributed by atoms with Crippen LogP contribution in [-0.4, -0.2) is 40.6 Å². The van der Waals surface area contributed by atoms with Gasteiger partial charge in [-0.1, -0.05) is 37.3 Å². The van der Waals surface area contributed by atoms with Gasteiger partial charge in [-0.3, -0.25) is 0 Å². The summed E-state index contributed by atoms with van der Waals surface area (Å²) in [5.74, 6) is 0.231. The number of nitrogens with one attached hydrogen (secondary N) is 1. The van der Waals surface area contributed by atoms with Crippen molar-refractivity contribution in [1.82, 2.24) is 14.8 Å². The lowest BCUT2D eigenvalue weighted by Gasteiger charge is -2.28. The van der Waals surface area contributed by atoms with E-state index in [1.807, 2.05) is 44.2 Å². The third-order valence-corrected chi connectivity index (χ3v) is 3.94. The van der Waals surface area contributed by atoms with Crippen LogP contribution in [0.4, 0.5) is 5.95 Å². The van der Waals surface area contributed by atoms with E-state index in [9.17, 15) is 4.79 Å². The zero-order valence-corrected chi connectivity index (χ0v) is 14.4. The average Bonchev–Trinajstić information content (AvgIpc) is 3.08. The fraction of sp³-hybridized carbons (Fsp3) is 0.389. The smallest absolute Gasteiger partial charge is 0.338 e. The predicted molar refractivity (Wildman–Crippen MR) is 93.0 cm³/mol. The van der Waals surface area contributed by atoms with Gasteiger partial charge in [-0.05, 0) is 18.9 Å². The minimum absolute atomic E-state index is 0.224. The standard InChI is InChI=1S/C18H22N4O3/c1-3-9-24-10-11-25-17(23)15-13(2)21-18-19-12-20-22(18)16(15)14-7-5-4-6-8-14/h4-8,12,16H,3,9-11H2,1-2H3,(H,19,20,21). The Morgan fingerprint density at radius 1 is 1.24 bits per heavy atom. The molecule has 1 aromatic heterocycles. The number of esters is 1. The summed E-state index contributed by atoms with van der Waals surface area (Å²) >= 11 is 0. The summed E-state index contributed by atoms with van der Waals surface area (Å²) < 4.78 is 12.5. The first kappa shape index (κ1) is 17.2. The molecule has 2 aromatic rings. The topological polar surface area (TPSA) is 78.3 Å². The number of ether oxygens (including phenoxy) is 2. The van der Waals surface area contributed by atoms with Crippen LogP contribution < -0.4 is 5.32 Å². The molecule has 0 bridgehead atoms. The van der Waals surface area contributed by atoms with E-state index in [1.54, 1.807) is 4.68 Å². The number of anilines is 1. The normalized spacial score (nSPS) is 16.3. The molecule has 3 rings (SSSR count). The van der Waals surface area contributed by atoms with Crippen LogP contribution in [0, 0.1) is 0 Å². The highest BCUT2D eigenvalue weighted by Gasteiger charge is 2.34. The molecule has 0 aliphatic carbocycles. The fourth-order valence-electron chi connectivity index (χ4n) is 2.82. The van der Waals surface area contributed by atoms with E-state index < -0.39 is 0 Å². The lowest BCUT2D eigenvalue weighted by molar-refractivity contribution is -0.141. The highest BCUT2D eigenvalue weighted by atomic mass is 16.6. The molecule has 1 aliphatic rings. The Balaban J connectivity index is 1.83. The van der Waals surface area contributed by atoms with Gasteiger partial charge < -0.3 is 14.8 Å². The highest BCUT2D eigenvalue weighted by molar-refractivity contribution is 5.92. The second-order valence-electron chi connectivity index (χ2n) is 5.75. The second kappa shape index (κ2) is 7.94. The molecule has 1 unspecified atom stereocenters. The Labute approximate surface area is 146 Å². The van der Waals surface area contributed by atoms with Crippen LogP contribution in [0.3, 0.4) is 0 Å². The third-order valence-electron chi connectivity index (χ3n) is 3.94. The molecule has 132 valence electrons. The maximum Gasteiger partial charge on any atom is 0.338 e. The molecule has 25 heavy (non-hydrogen) atoms. The Hall–Kier alpha value is -2.67. The van der Waals surface area contributed by atoms with Crippen molar-refractivity contribution in [2.24, 2.45) is 0 Å². The highest BCUT2D eigenvalue weighted by Crippen LogP contribution is 2.34. The van der Waals surface area contributed by atoms with Crippen molar-refractivity contribution in [3.8, 4) is 0 Å². The third kappa shape index (κ3) is 3.71. The van der Waals surface area contributed by atoms with E-state index in [1.165, 1.54) is 6.33 Å². The number of hydrogen-bond acceptors (Lipinski definition) is 6. The Morgan fingerprint density at radius 2 is 2.04 bits per heavy atom. The van der Waals surface area contributed by atoms with Gasteiger partial charge in [-0.25, -0.2) is 9.48 Å². The molecule has 1 aliphatic heterocycles. The molecular weight excluding hydrogens is 320 g/mol. The molecular formula is C18H22N4O3. The average molecular weight is 342 g/mol. The van der Waals surface area contributed by atoms with Gasteiger partial charge in [0.15, 0.2) is 0 Å². The number of carbonyl (C=O) groups excluding carboxylic acids is 1. The van der Waals surface area contributed by atoms with E-state index in [0.29, 0.717) is 30.4 Å². The molecule has 0 saturated heterocycles. The van der Waals surface area contributed by atoms with Crippen LogP contribution in [0.1, 0.15) is 31.9 Å². The number of aromatic nitrogens is 3. The number of allylic oxidation sites excluding steroid dienone is 1. The molecule has 1 atom stereocenters. The number of nitrogens with zero attached hydrogens (tertiary/aromatic N) is 3. The van der Waals surface area contributed by atoms with Crippen molar-refractivity contribution in [2.45, 2.75) is 26.3 Å². The Morgan fingerprint density at radius 3 is 2.80 bits per heavy atom. The first-order valence-electron chi connectivity index (χ1n) is 8.39. The summed E-state index contributed by atoms with van der Waals surface area (Å²) in [6, 6.07) is 9.37. The van der Waals surface area contributed by atoms with E-state index in [4.69, 9.17) is 9.47 Å². The van der Waals surface area contributed by atoms with Gasteiger partial charge in [0.2, 0.25) is 5.95 Å². The summed E-state index contributed by atoms with van der Waals surface area (Å²) in [6.45, 7) is 5.16. The summed E-state index contributed by atoms with van der Waals surface area (Å²) in [4.78, 5) is 16.9. The Bertz CT molecular complexity index is 755. The van der Waals surface area contributed by atoms with Gasteiger partial charge in [0.1, 0.15) is 19.0 Å². The van der Waals surface area contributed by atoms with E-state index in [0.717, 1.165) is 12.0 Å². The van der Waals surface area contributed by atoms with Crippen LogP contribution in [-0.2, 0) is 14.3 Å². The van der Waals surface area contributed by atoms with Gasteiger partial charge >= 0.3 is 5.97 Å². The first-order valence-corrected chi connectivity index (χ1v) is 8.39. The number of carbonyl (C=O) groups is 1. The van der Waals surface area contributed by atoms with Crippen molar-refractivity contribution >= 4 is 11.9 Å². The van der Waals surface area contributed by atoms with E-state index >= 15 is 0 Å². The van der Waals surface area contributed by atoms with Crippen LogP contribution in [0.5, 0.6) is 0 Å².